The van der Waals surface area contributed by atoms with Crippen LogP contribution in [0.15, 0.2) is 47.0 Å². The summed E-state index contributed by atoms with van der Waals surface area (Å²) in [6.07, 6.45) is 6.33. The van der Waals surface area contributed by atoms with E-state index in [-0.39, 0.29) is 5.91 Å². The molecule has 0 unspecified atom stereocenters. The maximum Gasteiger partial charge on any atom is 0.249 e. The molecule has 6 nitrogen and oxygen atoms in total. The van der Waals surface area contributed by atoms with E-state index in [1.165, 1.54) is 5.56 Å². The molecule has 6 heteroatoms. The minimum absolute atomic E-state index is 0.0919. The SMILES string of the molecule is Cc1ccc(CC(=O)NCC2CCC(c3nnc(-c4ccc(C)nc4)o3)CC2)cc1. The van der Waals surface area contributed by atoms with Crippen molar-refractivity contribution in [2.24, 2.45) is 5.92 Å². The predicted octanol–water partition coefficient (Wildman–Crippen LogP) is 4.38. The number of benzene rings is 1. The Morgan fingerprint density at radius 2 is 1.80 bits per heavy atom. The Morgan fingerprint density at radius 1 is 1.03 bits per heavy atom. The fraction of sp³-hybridized carbons (Fsp3) is 0.417. The summed E-state index contributed by atoms with van der Waals surface area (Å²) in [4.78, 5) is 16.5. The number of amides is 1. The van der Waals surface area contributed by atoms with Gasteiger partial charge in [0, 0.05) is 24.4 Å². The number of nitrogens with zero attached hydrogens (tertiary/aromatic N) is 3. The molecule has 1 amide bonds. The molecule has 0 spiro atoms. The second kappa shape index (κ2) is 9.20. The highest BCUT2D eigenvalue weighted by Crippen LogP contribution is 2.35. The lowest BCUT2D eigenvalue weighted by Gasteiger charge is -2.26. The normalized spacial score (nSPS) is 18.9. The van der Waals surface area contributed by atoms with Crippen LogP contribution >= 0.6 is 0 Å². The highest BCUT2D eigenvalue weighted by molar-refractivity contribution is 5.78. The molecule has 0 aliphatic heterocycles. The number of hydrogen-bond donors (Lipinski definition) is 1. The Labute approximate surface area is 177 Å². The van der Waals surface area contributed by atoms with E-state index in [1.54, 1.807) is 6.20 Å². The quantitative estimate of drug-likeness (QED) is 0.659. The van der Waals surface area contributed by atoms with Crippen LogP contribution in [0.2, 0.25) is 0 Å². The molecule has 156 valence electrons. The zero-order valence-corrected chi connectivity index (χ0v) is 17.6. The van der Waals surface area contributed by atoms with Crippen molar-refractivity contribution in [1.82, 2.24) is 20.5 Å². The molecule has 1 N–H and O–H groups in total. The second-order valence-corrected chi connectivity index (χ2v) is 8.32. The van der Waals surface area contributed by atoms with Gasteiger partial charge in [0.15, 0.2) is 0 Å². The van der Waals surface area contributed by atoms with Gasteiger partial charge in [0.2, 0.25) is 17.7 Å². The highest BCUT2D eigenvalue weighted by Gasteiger charge is 2.26. The van der Waals surface area contributed by atoms with Crippen LogP contribution in [0.4, 0.5) is 0 Å². The molecule has 0 atom stereocenters. The molecule has 1 aliphatic rings. The Balaban J connectivity index is 1.23. The predicted molar refractivity (Wildman–Crippen MR) is 115 cm³/mol. The van der Waals surface area contributed by atoms with Crippen molar-refractivity contribution in [3.63, 3.8) is 0 Å². The van der Waals surface area contributed by atoms with E-state index in [2.05, 4.69) is 27.4 Å². The summed E-state index contributed by atoms with van der Waals surface area (Å²) in [5, 5.41) is 11.6. The van der Waals surface area contributed by atoms with Crippen molar-refractivity contribution in [3.05, 3.63) is 65.3 Å². The first kappa shape index (κ1) is 20.3. The molecule has 0 bridgehead atoms. The number of aromatic nitrogens is 3. The van der Waals surface area contributed by atoms with E-state index < -0.39 is 0 Å². The van der Waals surface area contributed by atoms with Crippen molar-refractivity contribution in [2.45, 2.75) is 51.9 Å². The van der Waals surface area contributed by atoms with Gasteiger partial charge in [-0.15, -0.1) is 10.2 Å². The average Bonchev–Trinajstić information content (AvgIpc) is 3.25. The summed E-state index contributed by atoms with van der Waals surface area (Å²) in [5.41, 5.74) is 4.07. The van der Waals surface area contributed by atoms with Gasteiger partial charge in [-0.25, -0.2) is 0 Å². The van der Waals surface area contributed by atoms with Crippen molar-refractivity contribution >= 4 is 5.91 Å². The first-order chi connectivity index (χ1) is 14.6. The van der Waals surface area contributed by atoms with Crippen molar-refractivity contribution in [3.8, 4) is 11.5 Å². The van der Waals surface area contributed by atoms with Gasteiger partial charge in [-0.3, -0.25) is 9.78 Å². The van der Waals surface area contributed by atoms with Gasteiger partial charge in [-0.05, 0) is 63.1 Å². The van der Waals surface area contributed by atoms with Crippen LogP contribution in [-0.2, 0) is 11.2 Å². The lowest BCUT2D eigenvalue weighted by molar-refractivity contribution is -0.120. The zero-order chi connectivity index (χ0) is 20.9. The van der Waals surface area contributed by atoms with Gasteiger partial charge in [0.05, 0.1) is 12.0 Å². The lowest BCUT2D eigenvalue weighted by Crippen LogP contribution is -2.32. The summed E-state index contributed by atoms with van der Waals surface area (Å²) in [7, 11) is 0. The van der Waals surface area contributed by atoms with Gasteiger partial charge in [0.1, 0.15) is 0 Å². The topological polar surface area (TPSA) is 80.9 Å². The third-order valence-corrected chi connectivity index (χ3v) is 5.87. The largest absolute Gasteiger partial charge is 0.420 e. The van der Waals surface area contributed by atoms with Gasteiger partial charge in [0.25, 0.3) is 0 Å². The number of pyridine rings is 1. The molecule has 0 radical (unpaired) electrons. The maximum absolute atomic E-state index is 12.2. The molecule has 2 heterocycles. The molecule has 0 saturated heterocycles. The van der Waals surface area contributed by atoms with Gasteiger partial charge < -0.3 is 9.73 Å². The van der Waals surface area contributed by atoms with E-state index in [4.69, 9.17) is 4.42 Å². The Hall–Kier alpha value is -3.02. The van der Waals surface area contributed by atoms with Crippen LogP contribution in [0.25, 0.3) is 11.5 Å². The first-order valence-corrected chi connectivity index (χ1v) is 10.7. The molecule has 3 aromatic rings. The molecule has 30 heavy (non-hydrogen) atoms. The summed E-state index contributed by atoms with van der Waals surface area (Å²) in [6, 6.07) is 12.0. The minimum Gasteiger partial charge on any atom is -0.420 e. The Kier molecular flexibility index (Phi) is 6.21. The van der Waals surface area contributed by atoms with E-state index >= 15 is 0 Å². The van der Waals surface area contributed by atoms with Crippen LogP contribution in [0.3, 0.4) is 0 Å². The molecule has 1 fully saturated rings. The standard InChI is InChI=1S/C24H28N4O2/c1-16-3-6-18(7-4-16)13-22(29)26-14-19-8-11-20(12-9-19)23-27-28-24(30-23)21-10-5-17(2)25-15-21/h3-7,10,15,19-20H,8-9,11-14H2,1-2H3,(H,26,29). The maximum atomic E-state index is 12.2. The van der Waals surface area contributed by atoms with Gasteiger partial charge in [-0.2, -0.15) is 0 Å². The second-order valence-electron chi connectivity index (χ2n) is 8.32. The van der Waals surface area contributed by atoms with Crippen LogP contribution in [-0.4, -0.2) is 27.6 Å². The van der Waals surface area contributed by atoms with Crippen LogP contribution < -0.4 is 5.32 Å². The van der Waals surface area contributed by atoms with Crippen molar-refractivity contribution < 1.29 is 9.21 Å². The van der Waals surface area contributed by atoms with E-state index in [9.17, 15) is 4.79 Å². The van der Waals surface area contributed by atoms with Gasteiger partial charge >= 0.3 is 0 Å². The third kappa shape index (κ3) is 5.12. The van der Waals surface area contributed by atoms with Crippen LogP contribution in [0, 0.1) is 19.8 Å². The molecular formula is C24H28N4O2. The minimum atomic E-state index is 0.0919. The first-order valence-electron chi connectivity index (χ1n) is 10.7. The van der Waals surface area contributed by atoms with Crippen LogP contribution in [0.1, 0.15) is 54.3 Å². The monoisotopic (exact) mass is 404 g/mol. The molecule has 2 aromatic heterocycles. The van der Waals surface area contributed by atoms with Gasteiger partial charge in [-0.1, -0.05) is 29.8 Å². The number of aryl methyl sites for hydroxylation is 2. The summed E-state index contributed by atoms with van der Waals surface area (Å²) < 4.78 is 5.93. The highest BCUT2D eigenvalue weighted by atomic mass is 16.4. The Bertz CT molecular complexity index is 971. The van der Waals surface area contributed by atoms with E-state index in [1.807, 2.05) is 43.3 Å². The summed E-state index contributed by atoms with van der Waals surface area (Å²) >= 11 is 0. The fourth-order valence-electron chi connectivity index (χ4n) is 3.94. The van der Waals surface area contributed by atoms with E-state index in [0.717, 1.165) is 49.0 Å². The smallest absolute Gasteiger partial charge is 0.249 e. The number of carbonyl (C=O) groups is 1. The molecule has 4 rings (SSSR count). The fourth-order valence-corrected chi connectivity index (χ4v) is 3.94. The number of rotatable bonds is 6. The van der Waals surface area contributed by atoms with Crippen molar-refractivity contribution in [1.29, 1.82) is 0 Å². The number of nitrogens with one attached hydrogen (secondary N) is 1. The zero-order valence-electron chi connectivity index (χ0n) is 17.6. The number of carbonyl (C=O) groups excluding carboxylic acids is 1. The summed E-state index contributed by atoms with van der Waals surface area (Å²) in [6.45, 7) is 4.74. The molecule has 1 aliphatic carbocycles. The average molecular weight is 405 g/mol. The number of hydrogen-bond acceptors (Lipinski definition) is 5. The van der Waals surface area contributed by atoms with Crippen molar-refractivity contribution in [2.75, 3.05) is 6.54 Å². The summed E-state index contributed by atoms with van der Waals surface area (Å²) in [5.74, 6) is 2.14. The molecule has 1 aromatic carbocycles. The lowest BCUT2D eigenvalue weighted by atomic mass is 9.82. The molecule has 1 saturated carbocycles. The molecular weight excluding hydrogens is 376 g/mol. The Morgan fingerprint density at radius 3 is 2.50 bits per heavy atom. The van der Waals surface area contributed by atoms with E-state index in [0.29, 0.717) is 30.0 Å². The third-order valence-electron chi connectivity index (χ3n) is 5.87. The van der Waals surface area contributed by atoms with Crippen LogP contribution in [0.5, 0.6) is 0 Å².